The number of halogens is 1. The fraction of sp³-hybridized carbons (Fsp3) is 0.125. The zero-order chi connectivity index (χ0) is 15.1. The maximum absolute atomic E-state index is 13.4. The first kappa shape index (κ1) is 14.7. The van der Waals surface area contributed by atoms with Crippen LogP contribution in [-0.2, 0) is 6.54 Å². The number of nitrogens with zero attached hydrogens (tertiary/aromatic N) is 1. The molecule has 0 aliphatic heterocycles. The second-order valence-electron chi connectivity index (χ2n) is 4.20. The molecule has 1 heterocycles. The number of pyridine rings is 1. The molecule has 4 nitrogen and oxygen atoms in total. The van der Waals surface area contributed by atoms with Crippen LogP contribution in [0.1, 0.15) is 21.5 Å². The second-order valence-corrected chi connectivity index (χ2v) is 4.20. The topological polar surface area (TPSA) is 62.2 Å². The van der Waals surface area contributed by atoms with E-state index >= 15 is 0 Å². The highest BCUT2D eigenvalue weighted by Gasteiger charge is 2.07. The Hall–Kier alpha value is -2.71. The van der Waals surface area contributed by atoms with E-state index in [0.717, 1.165) is 0 Å². The van der Waals surface area contributed by atoms with Crippen LogP contribution in [0.15, 0.2) is 42.7 Å². The minimum absolute atomic E-state index is 0.0953. The number of rotatable bonds is 3. The van der Waals surface area contributed by atoms with Crippen LogP contribution in [0.5, 0.6) is 0 Å². The maximum Gasteiger partial charge on any atom is 0.253 e. The van der Waals surface area contributed by atoms with Gasteiger partial charge in [0, 0.05) is 30.1 Å². The van der Waals surface area contributed by atoms with E-state index in [1.165, 1.54) is 18.5 Å². The molecule has 0 bridgehead atoms. The van der Waals surface area contributed by atoms with Gasteiger partial charge in [-0.25, -0.2) is 4.39 Å². The van der Waals surface area contributed by atoms with Crippen molar-refractivity contribution in [2.75, 3.05) is 6.61 Å². The third-order valence-corrected chi connectivity index (χ3v) is 2.71. The van der Waals surface area contributed by atoms with Crippen molar-refractivity contribution in [2.24, 2.45) is 0 Å². The van der Waals surface area contributed by atoms with Crippen LogP contribution in [0.3, 0.4) is 0 Å². The molecule has 0 saturated carbocycles. The van der Waals surface area contributed by atoms with Crippen molar-refractivity contribution < 1.29 is 14.3 Å². The van der Waals surface area contributed by atoms with Gasteiger partial charge in [-0.1, -0.05) is 30.0 Å². The molecule has 2 N–H and O–H groups in total. The minimum atomic E-state index is -0.363. The Morgan fingerprint density at radius 1 is 1.33 bits per heavy atom. The molecule has 2 rings (SSSR count). The average Bonchev–Trinajstić information content (AvgIpc) is 2.52. The Kier molecular flexibility index (Phi) is 5.02. The Balaban J connectivity index is 2.05. The molecule has 1 aromatic carbocycles. The third kappa shape index (κ3) is 4.13. The number of carbonyl (C=O) groups excluding carboxylic acids is 1. The molecule has 21 heavy (non-hydrogen) atoms. The molecule has 0 aliphatic rings. The summed E-state index contributed by atoms with van der Waals surface area (Å²) in [5, 5.41) is 11.3. The van der Waals surface area contributed by atoms with Gasteiger partial charge >= 0.3 is 0 Å². The monoisotopic (exact) mass is 284 g/mol. The van der Waals surface area contributed by atoms with Gasteiger partial charge in [0.05, 0.1) is 5.56 Å². The fourth-order valence-electron chi connectivity index (χ4n) is 1.69. The molecule has 106 valence electrons. The highest BCUT2D eigenvalue weighted by Crippen LogP contribution is 2.07. The van der Waals surface area contributed by atoms with Crippen molar-refractivity contribution in [3.63, 3.8) is 0 Å². The lowest BCUT2D eigenvalue weighted by Gasteiger charge is -2.06. The molecule has 0 unspecified atom stereocenters. The molecule has 0 saturated heterocycles. The van der Waals surface area contributed by atoms with Crippen LogP contribution in [0.2, 0.25) is 0 Å². The molecular weight excluding hydrogens is 271 g/mol. The summed E-state index contributed by atoms with van der Waals surface area (Å²) in [4.78, 5) is 15.9. The van der Waals surface area contributed by atoms with Crippen molar-refractivity contribution in [1.82, 2.24) is 10.3 Å². The van der Waals surface area contributed by atoms with Gasteiger partial charge in [-0.2, -0.15) is 0 Å². The normalized spacial score (nSPS) is 9.62. The van der Waals surface area contributed by atoms with Gasteiger partial charge in [0.2, 0.25) is 0 Å². The van der Waals surface area contributed by atoms with Crippen molar-refractivity contribution >= 4 is 5.91 Å². The van der Waals surface area contributed by atoms with E-state index in [-0.39, 0.29) is 24.9 Å². The summed E-state index contributed by atoms with van der Waals surface area (Å²) in [5.41, 5.74) is 1.27. The average molecular weight is 284 g/mol. The minimum Gasteiger partial charge on any atom is -0.384 e. The van der Waals surface area contributed by atoms with E-state index in [9.17, 15) is 9.18 Å². The largest absolute Gasteiger partial charge is 0.384 e. The summed E-state index contributed by atoms with van der Waals surface area (Å²) in [6.07, 6.45) is 2.90. The van der Waals surface area contributed by atoms with E-state index in [0.29, 0.717) is 16.7 Å². The summed E-state index contributed by atoms with van der Waals surface area (Å²) in [6.45, 7) is -0.165. The highest BCUT2D eigenvalue weighted by molar-refractivity contribution is 5.94. The smallest absolute Gasteiger partial charge is 0.253 e. The fourth-order valence-corrected chi connectivity index (χ4v) is 1.69. The highest BCUT2D eigenvalue weighted by atomic mass is 19.1. The molecule has 0 aliphatic carbocycles. The first-order valence-corrected chi connectivity index (χ1v) is 6.27. The van der Waals surface area contributed by atoms with Crippen LogP contribution in [0.4, 0.5) is 4.39 Å². The van der Waals surface area contributed by atoms with Crippen LogP contribution in [0.25, 0.3) is 0 Å². The quantitative estimate of drug-likeness (QED) is 0.840. The predicted molar refractivity (Wildman–Crippen MR) is 75.8 cm³/mol. The molecule has 0 atom stereocenters. The summed E-state index contributed by atoms with van der Waals surface area (Å²) >= 11 is 0. The van der Waals surface area contributed by atoms with E-state index in [1.54, 1.807) is 24.3 Å². The summed E-state index contributed by atoms with van der Waals surface area (Å²) in [6, 6.07) is 7.81. The molecule has 2 aromatic rings. The van der Waals surface area contributed by atoms with Gasteiger partial charge in [0.15, 0.2) is 0 Å². The van der Waals surface area contributed by atoms with Gasteiger partial charge in [-0.15, -0.1) is 0 Å². The molecule has 5 heteroatoms. The van der Waals surface area contributed by atoms with Gasteiger partial charge in [0.25, 0.3) is 5.91 Å². The second kappa shape index (κ2) is 7.17. The Labute approximate surface area is 121 Å². The number of carbonyl (C=O) groups is 1. The molecule has 0 fully saturated rings. The number of hydrogen-bond donors (Lipinski definition) is 2. The number of aliphatic hydroxyl groups is 1. The lowest BCUT2D eigenvalue weighted by molar-refractivity contribution is 0.0950. The molecule has 1 aromatic heterocycles. The Bertz CT molecular complexity index is 705. The van der Waals surface area contributed by atoms with Crippen molar-refractivity contribution in [1.29, 1.82) is 0 Å². The Morgan fingerprint density at radius 2 is 2.14 bits per heavy atom. The zero-order valence-corrected chi connectivity index (χ0v) is 11.1. The molecule has 0 radical (unpaired) electrons. The molecule has 0 spiro atoms. The van der Waals surface area contributed by atoms with E-state index in [1.807, 2.05) is 0 Å². The Morgan fingerprint density at radius 3 is 2.90 bits per heavy atom. The summed E-state index contributed by atoms with van der Waals surface area (Å²) < 4.78 is 13.4. The molecular formula is C16H13FN2O2. The third-order valence-electron chi connectivity index (χ3n) is 2.71. The SMILES string of the molecule is O=C(NCc1ccccc1F)c1cncc(C#CCO)c1. The van der Waals surface area contributed by atoms with Gasteiger partial charge in [-0.3, -0.25) is 9.78 Å². The number of amides is 1. The lowest BCUT2D eigenvalue weighted by atomic mass is 10.2. The van der Waals surface area contributed by atoms with Gasteiger partial charge < -0.3 is 10.4 Å². The van der Waals surface area contributed by atoms with E-state index < -0.39 is 0 Å². The number of aromatic nitrogens is 1. The molecule has 1 amide bonds. The summed E-state index contributed by atoms with van der Waals surface area (Å²) in [5.74, 6) is 4.43. The van der Waals surface area contributed by atoms with Crippen LogP contribution in [0, 0.1) is 17.7 Å². The summed E-state index contributed by atoms with van der Waals surface area (Å²) in [7, 11) is 0. The number of nitrogens with one attached hydrogen (secondary N) is 1. The van der Waals surface area contributed by atoms with E-state index in [2.05, 4.69) is 22.1 Å². The lowest BCUT2D eigenvalue weighted by Crippen LogP contribution is -2.23. The van der Waals surface area contributed by atoms with Crippen molar-refractivity contribution in [2.45, 2.75) is 6.54 Å². The maximum atomic E-state index is 13.4. The van der Waals surface area contributed by atoms with Crippen LogP contribution >= 0.6 is 0 Å². The standard InChI is InChI=1S/C16H13FN2O2/c17-15-6-2-1-5-13(15)11-19-16(21)14-8-12(4-3-7-20)9-18-10-14/h1-2,5-6,8-10,20H,7,11H2,(H,19,21). The number of hydrogen-bond acceptors (Lipinski definition) is 3. The van der Waals surface area contributed by atoms with Gasteiger partial charge in [-0.05, 0) is 12.1 Å². The van der Waals surface area contributed by atoms with E-state index in [4.69, 9.17) is 5.11 Å². The van der Waals surface area contributed by atoms with Crippen molar-refractivity contribution in [3.05, 3.63) is 65.2 Å². The first-order chi connectivity index (χ1) is 10.2. The van der Waals surface area contributed by atoms with Crippen LogP contribution in [-0.4, -0.2) is 22.6 Å². The first-order valence-electron chi connectivity index (χ1n) is 6.27. The van der Waals surface area contributed by atoms with Gasteiger partial charge in [0.1, 0.15) is 12.4 Å². The van der Waals surface area contributed by atoms with Crippen molar-refractivity contribution in [3.8, 4) is 11.8 Å². The zero-order valence-electron chi connectivity index (χ0n) is 11.1. The number of benzene rings is 1. The predicted octanol–water partition coefficient (Wildman–Crippen LogP) is 1.49. The number of aliphatic hydroxyl groups excluding tert-OH is 1. The van der Waals surface area contributed by atoms with Crippen LogP contribution < -0.4 is 5.32 Å².